The number of hydrogen-bond donors (Lipinski definition) is 6. The molecule has 146 valence electrons. The van der Waals surface area contributed by atoms with E-state index in [2.05, 4.69) is 5.32 Å². The second-order valence-corrected chi connectivity index (χ2v) is 5.76. The van der Waals surface area contributed by atoms with Crippen LogP contribution in [0, 0.1) is 0 Å². The highest BCUT2D eigenvalue weighted by molar-refractivity contribution is 5.96. The van der Waals surface area contributed by atoms with Crippen LogP contribution in [0.3, 0.4) is 0 Å². The SMILES string of the molecule is NCC(=O)N1CCCC1C(=O)NC(CC(N)=O)C(=O)NC(CO)C(=O)O. The van der Waals surface area contributed by atoms with E-state index < -0.39 is 60.8 Å². The second kappa shape index (κ2) is 9.68. The van der Waals surface area contributed by atoms with Gasteiger partial charge in [0.2, 0.25) is 23.6 Å². The van der Waals surface area contributed by atoms with Crippen molar-refractivity contribution in [3.8, 4) is 0 Å². The lowest BCUT2D eigenvalue weighted by atomic mass is 10.1. The van der Waals surface area contributed by atoms with Crippen molar-refractivity contribution in [2.24, 2.45) is 11.5 Å². The standard InChI is InChI=1S/C14H23N5O7/c15-5-11(22)19-3-1-2-9(19)13(24)17-7(4-10(16)21)12(23)18-8(6-20)14(25)26/h7-9,20H,1-6,15H2,(H2,16,21)(H,17,24)(H,18,23)(H,25,26). The number of aliphatic hydroxyl groups is 1. The molecule has 0 aromatic heterocycles. The highest BCUT2D eigenvalue weighted by Crippen LogP contribution is 2.17. The molecule has 1 aliphatic rings. The first-order chi connectivity index (χ1) is 12.2. The van der Waals surface area contributed by atoms with Gasteiger partial charge in [-0.2, -0.15) is 0 Å². The summed E-state index contributed by atoms with van der Waals surface area (Å²) in [5.74, 6) is -4.48. The minimum Gasteiger partial charge on any atom is -0.480 e. The third kappa shape index (κ3) is 5.67. The molecule has 12 heteroatoms. The van der Waals surface area contributed by atoms with E-state index in [0.29, 0.717) is 19.4 Å². The smallest absolute Gasteiger partial charge is 0.328 e. The second-order valence-electron chi connectivity index (χ2n) is 5.76. The number of aliphatic carboxylic acids is 1. The molecule has 4 amide bonds. The van der Waals surface area contributed by atoms with E-state index in [9.17, 15) is 24.0 Å². The molecule has 3 unspecified atom stereocenters. The molecule has 1 aliphatic heterocycles. The number of nitrogens with two attached hydrogens (primary N) is 2. The number of carboxylic acid groups (broad SMARTS) is 1. The number of nitrogens with zero attached hydrogens (tertiary/aromatic N) is 1. The van der Waals surface area contributed by atoms with Gasteiger partial charge in [0.15, 0.2) is 0 Å². The minimum atomic E-state index is -1.60. The van der Waals surface area contributed by atoms with Gasteiger partial charge < -0.3 is 37.2 Å². The van der Waals surface area contributed by atoms with Crippen LogP contribution in [0.1, 0.15) is 19.3 Å². The van der Waals surface area contributed by atoms with Crippen LogP contribution in [0.15, 0.2) is 0 Å². The number of rotatable bonds is 9. The topological polar surface area (TPSA) is 205 Å². The van der Waals surface area contributed by atoms with E-state index in [0.717, 1.165) is 0 Å². The van der Waals surface area contributed by atoms with Crippen LogP contribution in [0.4, 0.5) is 0 Å². The Labute approximate surface area is 148 Å². The lowest BCUT2D eigenvalue weighted by molar-refractivity contribution is -0.144. The molecule has 1 heterocycles. The molecule has 0 aromatic rings. The first-order valence-corrected chi connectivity index (χ1v) is 7.93. The van der Waals surface area contributed by atoms with Gasteiger partial charge in [-0.05, 0) is 12.8 Å². The number of hydrogen-bond acceptors (Lipinski definition) is 7. The molecule has 1 saturated heterocycles. The first-order valence-electron chi connectivity index (χ1n) is 7.93. The summed E-state index contributed by atoms with van der Waals surface area (Å²) in [6.45, 7) is -0.808. The van der Waals surface area contributed by atoms with Gasteiger partial charge in [-0.15, -0.1) is 0 Å². The fourth-order valence-corrected chi connectivity index (χ4v) is 2.59. The van der Waals surface area contributed by atoms with E-state index in [-0.39, 0.29) is 6.54 Å². The van der Waals surface area contributed by atoms with Crippen LogP contribution >= 0.6 is 0 Å². The molecule has 1 rings (SSSR count). The predicted molar refractivity (Wildman–Crippen MR) is 86.2 cm³/mol. The maximum atomic E-state index is 12.4. The summed E-state index contributed by atoms with van der Waals surface area (Å²) < 4.78 is 0. The van der Waals surface area contributed by atoms with Gasteiger partial charge in [0.1, 0.15) is 18.1 Å². The van der Waals surface area contributed by atoms with Gasteiger partial charge in [-0.25, -0.2) is 4.79 Å². The Morgan fingerprint density at radius 3 is 2.31 bits per heavy atom. The zero-order valence-corrected chi connectivity index (χ0v) is 14.0. The molecular weight excluding hydrogens is 350 g/mol. The fourth-order valence-electron chi connectivity index (χ4n) is 2.59. The Bertz CT molecular complexity index is 582. The van der Waals surface area contributed by atoms with Gasteiger partial charge in [-0.1, -0.05) is 0 Å². The lowest BCUT2D eigenvalue weighted by Crippen LogP contribution is -2.57. The molecular formula is C14H23N5O7. The van der Waals surface area contributed by atoms with Crippen LogP contribution < -0.4 is 22.1 Å². The van der Waals surface area contributed by atoms with Gasteiger partial charge in [0, 0.05) is 6.54 Å². The number of carbonyl (C=O) groups excluding carboxylic acids is 4. The molecule has 0 aliphatic carbocycles. The number of aliphatic hydroxyl groups excluding tert-OH is 1. The zero-order chi connectivity index (χ0) is 19.9. The van der Waals surface area contributed by atoms with Crippen molar-refractivity contribution in [2.45, 2.75) is 37.4 Å². The van der Waals surface area contributed by atoms with E-state index in [1.165, 1.54) is 4.90 Å². The molecule has 0 spiro atoms. The Balaban J connectivity index is 2.84. The summed E-state index contributed by atoms with van der Waals surface area (Å²) in [5, 5.41) is 22.1. The van der Waals surface area contributed by atoms with Crippen LogP contribution in [-0.2, 0) is 24.0 Å². The third-order valence-corrected chi connectivity index (χ3v) is 3.89. The number of likely N-dealkylation sites (tertiary alicyclic amines) is 1. The maximum absolute atomic E-state index is 12.4. The first kappa shape index (κ1) is 21.3. The summed E-state index contributed by atoms with van der Waals surface area (Å²) >= 11 is 0. The van der Waals surface area contributed by atoms with Crippen molar-refractivity contribution in [3.05, 3.63) is 0 Å². The average Bonchev–Trinajstić information content (AvgIpc) is 3.07. The molecule has 0 saturated carbocycles. The van der Waals surface area contributed by atoms with Crippen LogP contribution in [0.5, 0.6) is 0 Å². The van der Waals surface area contributed by atoms with E-state index in [1.807, 2.05) is 5.32 Å². The number of primary amides is 1. The van der Waals surface area contributed by atoms with Crippen molar-refractivity contribution in [1.82, 2.24) is 15.5 Å². The summed E-state index contributed by atoms with van der Waals surface area (Å²) in [7, 11) is 0. The van der Waals surface area contributed by atoms with Crippen molar-refractivity contribution in [3.63, 3.8) is 0 Å². The van der Waals surface area contributed by atoms with E-state index >= 15 is 0 Å². The minimum absolute atomic E-state index is 0.272. The van der Waals surface area contributed by atoms with Crippen LogP contribution in [0.2, 0.25) is 0 Å². The summed E-state index contributed by atoms with van der Waals surface area (Å²) in [4.78, 5) is 59.7. The average molecular weight is 373 g/mol. The Morgan fingerprint density at radius 1 is 1.15 bits per heavy atom. The van der Waals surface area contributed by atoms with Gasteiger partial charge in [-0.3, -0.25) is 19.2 Å². The molecule has 26 heavy (non-hydrogen) atoms. The number of nitrogens with one attached hydrogen (secondary N) is 2. The van der Waals surface area contributed by atoms with Crippen LogP contribution in [-0.4, -0.2) is 82.5 Å². The summed E-state index contributed by atoms with van der Waals surface area (Å²) in [6.07, 6.45) is 0.353. The number of carboxylic acids is 1. The van der Waals surface area contributed by atoms with E-state index in [4.69, 9.17) is 21.7 Å². The van der Waals surface area contributed by atoms with Crippen LogP contribution in [0.25, 0.3) is 0 Å². The highest BCUT2D eigenvalue weighted by Gasteiger charge is 2.36. The molecule has 8 N–H and O–H groups in total. The summed E-state index contributed by atoms with van der Waals surface area (Å²) in [6, 6.07) is -3.89. The highest BCUT2D eigenvalue weighted by atomic mass is 16.4. The quantitative estimate of drug-likeness (QED) is 0.233. The van der Waals surface area contributed by atoms with Crippen molar-refractivity contribution in [2.75, 3.05) is 19.7 Å². The third-order valence-electron chi connectivity index (χ3n) is 3.89. The van der Waals surface area contributed by atoms with Crippen molar-refractivity contribution >= 4 is 29.6 Å². The Hall–Kier alpha value is -2.73. The molecule has 0 aromatic carbocycles. The fraction of sp³-hybridized carbons (Fsp3) is 0.643. The number of carbonyl (C=O) groups is 5. The molecule has 1 fully saturated rings. The predicted octanol–water partition coefficient (Wildman–Crippen LogP) is -4.14. The van der Waals surface area contributed by atoms with E-state index in [1.54, 1.807) is 0 Å². The normalized spacial score (nSPS) is 18.7. The van der Waals surface area contributed by atoms with Gasteiger partial charge in [0.05, 0.1) is 19.6 Å². The van der Waals surface area contributed by atoms with Crippen molar-refractivity contribution in [1.29, 1.82) is 0 Å². The molecule has 12 nitrogen and oxygen atoms in total. The zero-order valence-electron chi connectivity index (χ0n) is 14.0. The van der Waals surface area contributed by atoms with Gasteiger partial charge >= 0.3 is 5.97 Å². The largest absolute Gasteiger partial charge is 0.480 e. The van der Waals surface area contributed by atoms with Gasteiger partial charge in [0.25, 0.3) is 0 Å². The Morgan fingerprint density at radius 2 is 1.81 bits per heavy atom. The lowest BCUT2D eigenvalue weighted by Gasteiger charge is -2.26. The number of amides is 4. The Kier molecular flexibility index (Phi) is 7.93. The monoisotopic (exact) mass is 373 g/mol. The molecule has 0 bridgehead atoms. The molecule has 3 atom stereocenters. The molecule has 0 radical (unpaired) electrons. The van der Waals surface area contributed by atoms with Crippen molar-refractivity contribution < 1.29 is 34.2 Å². The summed E-state index contributed by atoms with van der Waals surface area (Å²) in [5.41, 5.74) is 10.4. The maximum Gasteiger partial charge on any atom is 0.328 e.